The van der Waals surface area contributed by atoms with Crippen LogP contribution in [0.2, 0.25) is 0 Å². The summed E-state index contributed by atoms with van der Waals surface area (Å²) in [6.45, 7) is 2.39. The Balaban J connectivity index is 2.08. The van der Waals surface area contributed by atoms with Crippen LogP contribution < -0.4 is 5.32 Å². The van der Waals surface area contributed by atoms with Crippen LogP contribution in [0, 0.1) is 0 Å². The van der Waals surface area contributed by atoms with E-state index in [-0.39, 0.29) is 6.10 Å². The molecule has 0 spiro atoms. The second-order valence-electron chi connectivity index (χ2n) is 3.76. The third-order valence-electron chi connectivity index (χ3n) is 2.72. The van der Waals surface area contributed by atoms with E-state index in [0.29, 0.717) is 6.61 Å². The summed E-state index contributed by atoms with van der Waals surface area (Å²) in [5.74, 6) is 0. The van der Waals surface area contributed by atoms with E-state index in [1.807, 2.05) is 24.3 Å². The van der Waals surface area contributed by atoms with Gasteiger partial charge in [-0.1, -0.05) is 18.2 Å². The largest absolute Gasteiger partial charge is 0.369 e. The van der Waals surface area contributed by atoms with Crippen LogP contribution in [0.15, 0.2) is 24.3 Å². The molecule has 82 valence electrons. The molecule has 5 nitrogen and oxygen atoms in total. The molecular formula is C11H12N4O. The van der Waals surface area contributed by atoms with Crippen molar-refractivity contribution >= 4 is 10.9 Å². The maximum atomic E-state index is 5.68. The van der Waals surface area contributed by atoms with Crippen molar-refractivity contribution in [1.82, 2.24) is 20.7 Å². The zero-order chi connectivity index (χ0) is 10.8. The van der Waals surface area contributed by atoms with Crippen LogP contribution in [0.5, 0.6) is 0 Å². The summed E-state index contributed by atoms with van der Waals surface area (Å²) < 4.78 is 5.68. The minimum atomic E-state index is -0.0193. The monoisotopic (exact) mass is 216 g/mol. The number of fused-ring (bicyclic) bond motifs is 1. The van der Waals surface area contributed by atoms with Gasteiger partial charge in [-0.3, -0.25) is 0 Å². The second-order valence-corrected chi connectivity index (χ2v) is 3.76. The molecule has 0 saturated carbocycles. The summed E-state index contributed by atoms with van der Waals surface area (Å²) in [4.78, 5) is 0. The topological polar surface area (TPSA) is 59.9 Å². The van der Waals surface area contributed by atoms with Gasteiger partial charge < -0.3 is 10.1 Å². The molecule has 0 aliphatic carbocycles. The van der Waals surface area contributed by atoms with Crippen LogP contribution >= 0.6 is 0 Å². The lowest BCUT2D eigenvalue weighted by atomic mass is 10.1. The van der Waals surface area contributed by atoms with Crippen molar-refractivity contribution in [2.75, 3.05) is 19.7 Å². The van der Waals surface area contributed by atoms with Crippen LogP contribution in [-0.4, -0.2) is 35.1 Å². The summed E-state index contributed by atoms with van der Waals surface area (Å²) in [5.41, 5.74) is 1.74. The molecule has 5 heteroatoms. The van der Waals surface area contributed by atoms with E-state index in [2.05, 4.69) is 20.7 Å². The van der Waals surface area contributed by atoms with Gasteiger partial charge in [0.05, 0.1) is 12.1 Å². The molecule has 2 heterocycles. The summed E-state index contributed by atoms with van der Waals surface area (Å²) in [5, 5.41) is 16.2. The molecule has 1 aliphatic rings. The number of rotatable bonds is 1. The fourth-order valence-corrected chi connectivity index (χ4v) is 1.93. The third kappa shape index (κ3) is 1.64. The minimum absolute atomic E-state index is 0.0193. The van der Waals surface area contributed by atoms with E-state index < -0.39 is 0 Å². The van der Waals surface area contributed by atoms with E-state index >= 15 is 0 Å². The summed E-state index contributed by atoms with van der Waals surface area (Å²) in [6, 6.07) is 7.86. The van der Waals surface area contributed by atoms with Crippen LogP contribution in [-0.2, 0) is 4.74 Å². The molecule has 1 atom stereocenters. The van der Waals surface area contributed by atoms with Crippen molar-refractivity contribution in [3.63, 3.8) is 0 Å². The van der Waals surface area contributed by atoms with Gasteiger partial charge in [0, 0.05) is 18.5 Å². The molecule has 1 fully saturated rings. The lowest BCUT2D eigenvalue weighted by Crippen LogP contribution is -2.34. The van der Waals surface area contributed by atoms with Gasteiger partial charge in [0.25, 0.3) is 0 Å². The number of nitrogens with zero attached hydrogens (tertiary/aromatic N) is 3. The number of benzene rings is 1. The standard InChI is InChI=1S/C11H12N4O/c1-2-4-9-8(3-1)11(14-15-13-9)10-7-12-5-6-16-10/h1-4,10,12H,5-7H2. The molecule has 0 amide bonds. The molecule has 1 aromatic heterocycles. The van der Waals surface area contributed by atoms with Crippen LogP contribution in [0.3, 0.4) is 0 Å². The fourth-order valence-electron chi connectivity index (χ4n) is 1.93. The number of hydrogen-bond acceptors (Lipinski definition) is 5. The third-order valence-corrected chi connectivity index (χ3v) is 2.72. The van der Waals surface area contributed by atoms with Gasteiger partial charge in [-0.2, -0.15) is 0 Å². The second kappa shape index (κ2) is 4.11. The number of morpholine rings is 1. The maximum Gasteiger partial charge on any atom is 0.114 e. The van der Waals surface area contributed by atoms with E-state index in [1.54, 1.807) is 0 Å². The lowest BCUT2D eigenvalue weighted by Gasteiger charge is -2.23. The van der Waals surface area contributed by atoms with Crippen LogP contribution in [0.25, 0.3) is 10.9 Å². The Morgan fingerprint density at radius 3 is 3.06 bits per heavy atom. The predicted molar refractivity (Wildman–Crippen MR) is 58.9 cm³/mol. The van der Waals surface area contributed by atoms with Crippen molar-refractivity contribution in [2.24, 2.45) is 0 Å². The van der Waals surface area contributed by atoms with Crippen molar-refractivity contribution in [3.05, 3.63) is 30.0 Å². The summed E-state index contributed by atoms with van der Waals surface area (Å²) >= 11 is 0. The Morgan fingerprint density at radius 2 is 2.19 bits per heavy atom. The van der Waals surface area contributed by atoms with E-state index in [4.69, 9.17) is 4.74 Å². The zero-order valence-electron chi connectivity index (χ0n) is 8.76. The minimum Gasteiger partial charge on any atom is -0.369 e. The van der Waals surface area contributed by atoms with E-state index in [0.717, 1.165) is 29.7 Å². The van der Waals surface area contributed by atoms with Crippen molar-refractivity contribution in [1.29, 1.82) is 0 Å². The Hall–Kier alpha value is -1.59. The van der Waals surface area contributed by atoms with Gasteiger partial charge >= 0.3 is 0 Å². The van der Waals surface area contributed by atoms with Gasteiger partial charge in [-0.15, -0.1) is 10.2 Å². The average Bonchev–Trinajstić information content (AvgIpc) is 2.39. The number of ether oxygens (including phenoxy) is 1. The molecule has 1 unspecified atom stereocenters. The quantitative estimate of drug-likeness (QED) is 0.759. The Labute approximate surface area is 92.8 Å². The molecule has 1 aliphatic heterocycles. The summed E-state index contributed by atoms with van der Waals surface area (Å²) in [7, 11) is 0. The van der Waals surface area contributed by atoms with Crippen molar-refractivity contribution in [3.8, 4) is 0 Å². The van der Waals surface area contributed by atoms with E-state index in [9.17, 15) is 0 Å². The Bertz CT molecular complexity index is 491. The van der Waals surface area contributed by atoms with E-state index in [1.165, 1.54) is 0 Å². The highest BCUT2D eigenvalue weighted by molar-refractivity contribution is 5.80. The molecule has 16 heavy (non-hydrogen) atoms. The lowest BCUT2D eigenvalue weighted by molar-refractivity contribution is 0.0253. The molecule has 0 radical (unpaired) electrons. The molecule has 0 bridgehead atoms. The molecule has 3 rings (SSSR count). The molecular weight excluding hydrogens is 204 g/mol. The average molecular weight is 216 g/mol. The molecule has 2 aromatic rings. The first-order chi connectivity index (χ1) is 7.95. The molecule has 1 aromatic carbocycles. The van der Waals surface area contributed by atoms with Gasteiger partial charge in [0.1, 0.15) is 11.8 Å². The van der Waals surface area contributed by atoms with Gasteiger partial charge in [-0.05, 0) is 11.3 Å². The molecule has 1 N–H and O–H groups in total. The highest BCUT2D eigenvalue weighted by Crippen LogP contribution is 2.23. The normalized spacial score (nSPS) is 21.1. The molecule has 1 saturated heterocycles. The maximum absolute atomic E-state index is 5.68. The van der Waals surface area contributed by atoms with Crippen LogP contribution in [0.1, 0.15) is 11.8 Å². The van der Waals surface area contributed by atoms with Crippen molar-refractivity contribution in [2.45, 2.75) is 6.10 Å². The first-order valence-corrected chi connectivity index (χ1v) is 5.35. The zero-order valence-corrected chi connectivity index (χ0v) is 8.76. The SMILES string of the molecule is c1ccc2c(C3CNCCO3)nnnc2c1. The smallest absolute Gasteiger partial charge is 0.114 e. The number of hydrogen-bond donors (Lipinski definition) is 1. The highest BCUT2D eigenvalue weighted by atomic mass is 16.5. The predicted octanol–water partition coefficient (Wildman–Crippen LogP) is 0.686. The first kappa shape index (κ1) is 9.62. The van der Waals surface area contributed by atoms with Crippen LogP contribution in [0.4, 0.5) is 0 Å². The van der Waals surface area contributed by atoms with Gasteiger partial charge in [0.15, 0.2) is 0 Å². The number of aromatic nitrogens is 3. The number of nitrogens with one attached hydrogen (secondary N) is 1. The van der Waals surface area contributed by atoms with Gasteiger partial charge in [-0.25, -0.2) is 0 Å². The fraction of sp³-hybridized carbons (Fsp3) is 0.364. The Kier molecular flexibility index (Phi) is 2.47. The first-order valence-electron chi connectivity index (χ1n) is 5.35. The van der Waals surface area contributed by atoms with Gasteiger partial charge in [0.2, 0.25) is 0 Å². The highest BCUT2D eigenvalue weighted by Gasteiger charge is 2.20. The summed E-state index contributed by atoms with van der Waals surface area (Å²) in [6.07, 6.45) is -0.0193. The van der Waals surface area contributed by atoms with Crippen molar-refractivity contribution < 1.29 is 4.74 Å². The Morgan fingerprint density at radius 1 is 1.25 bits per heavy atom.